The average molecular weight is 288 g/mol. The largest absolute Gasteiger partial charge is 0.307 e. The second-order valence-corrected chi connectivity index (χ2v) is 7.06. The summed E-state index contributed by atoms with van der Waals surface area (Å²) in [6, 6.07) is 12.7. The van der Waals surface area contributed by atoms with E-state index in [9.17, 15) is 0 Å². The van der Waals surface area contributed by atoms with E-state index in [2.05, 4.69) is 68.2 Å². The maximum atomic E-state index is 3.94. The predicted molar refractivity (Wildman–Crippen MR) is 91.5 cm³/mol. The minimum absolute atomic E-state index is 0.474. The smallest absolute Gasteiger partial charge is 0.0345 e. The molecule has 2 unspecified atom stereocenters. The zero-order valence-electron chi connectivity index (χ0n) is 14.2. The van der Waals surface area contributed by atoms with Gasteiger partial charge in [0.1, 0.15) is 0 Å². The number of rotatable bonds is 5. The molecule has 0 spiro atoms. The Labute approximate surface area is 130 Å². The van der Waals surface area contributed by atoms with E-state index in [0.29, 0.717) is 24.0 Å². The van der Waals surface area contributed by atoms with Crippen LogP contribution in [0.5, 0.6) is 0 Å². The quantitative estimate of drug-likeness (QED) is 0.872. The summed E-state index contributed by atoms with van der Waals surface area (Å²) in [7, 11) is 0. The third kappa shape index (κ3) is 4.82. The van der Waals surface area contributed by atoms with E-state index in [4.69, 9.17) is 0 Å². The summed E-state index contributed by atoms with van der Waals surface area (Å²) in [5, 5.41) is 3.94. The number of hydrogen-bond acceptors (Lipinski definition) is 2. The maximum absolute atomic E-state index is 3.94. The van der Waals surface area contributed by atoms with Gasteiger partial charge in [-0.3, -0.25) is 0 Å². The van der Waals surface area contributed by atoms with E-state index in [1.54, 1.807) is 0 Å². The Morgan fingerprint density at radius 1 is 1.00 bits per heavy atom. The van der Waals surface area contributed by atoms with Gasteiger partial charge < -0.3 is 10.2 Å². The van der Waals surface area contributed by atoms with Crippen LogP contribution in [0.3, 0.4) is 0 Å². The lowest BCUT2D eigenvalue weighted by molar-refractivity contribution is 0.227. The Balaban J connectivity index is 1.98. The number of hydrogen-bond donors (Lipinski definition) is 1. The zero-order chi connectivity index (χ0) is 15.2. The lowest BCUT2D eigenvalue weighted by atomic mass is 9.94. The van der Waals surface area contributed by atoms with Crippen molar-refractivity contribution in [1.82, 2.24) is 10.2 Å². The summed E-state index contributed by atoms with van der Waals surface area (Å²) in [5.41, 5.74) is 1.43. The maximum Gasteiger partial charge on any atom is 0.0345 e. The molecule has 1 heterocycles. The Morgan fingerprint density at radius 3 is 2.33 bits per heavy atom. The standard InChI is InChI=1S/C19H32N2/c1-15(2)19(17-9-6-5-7-10-17)20-18-11-8-13-21(14-12-18)16(3)4/h5-7,9-10,15-16,18-20H,8,11-14H2,1-4H3. The SMILES string of the molecule is CC(C)C(NC1CCCN(C(C)C)CC1)c1ccccc1. The number of likely N-dealkylation sites (tertiary alicyclic amines) is 1. The van der Waals surface area contributed by atoms with Gasteiger partial charge in [0, 0.05) is 18.1 Å². The van der Waals surface area contributed by atoms with E-state index in [1.807, 2.05) is 0 Å². The summed E-state index contributed by atoms with van der Waals surface area (Å²) in [6.45, 7) is 11.8. The van der Waals surface area contributed by atoms with Gasteiger partial charge in [-0.05, 0) is 57.7 Å². The first-order valence-electron chi connectivity index (χ1n) is 8.63. The van der Waals surface area contributed by atoms with E-state index >= 15 is 0 Å². The molecule has 1 saturated heterocycles. The molecule has 2 heteroatoms. The number of benzene rings is 1. The molecule has 0 amide bonds. The molecular weight excluding hydrogens is 256 g/mol. The van der Waals surface area contributed by atoms with Crippen LogP contribution in [-0.4, -0.2) is 30.1 Å². The van der Waals surface area contributed by atoms with Crippen LogP contribution in [0.4, 0.5) is 0 Å². The molecule has 2 nitrogen and oxygen atoms in total. The molecule has 1 fully saturated rings. The molecule has 0 bridgehead atoms. The van der Waals surface area contributed by atoms with Gasteiger partial charge in [-0.15, -0.1) is 0 Å². The van der Waals surface area contributed by atoms with Crippen molar-refractivity contribution in [2.45, 2.75) is 65.1 Å². The topological polar surface area (TPSA) is 15.3 Å². The lowest BCUT2D eigenvalue weighted by Crippen LogP contribution is -2.37. The Bertz CT molecular complexity index is 399. The molecule has 0 saturated carbocycles. The number of nitrogens with zero attached hydrogens (tertiary/aromatic N) is 1. The molecule has 2 rings (SSSR count). The highest BCUT2D eigenvalue weighted by atomic mass is 15.2. The zero-order valence-corrected chi connectivity index (χ0v) is 14.2. The summed E-state index contributed by atoms with van der Waals surface area (Å²) >= 11 is 0. The van der Waals surface area contributed by atoms with Crippen molar-refractivity contribution in [3.05, 3.63) is 35.9 Å². The molecular formula is C19H32N2. The minimum Gasteiger partial charge on any atom is -0.307 e. The fraction of sp³-hybridized carbons (Fsp3) is 0.684. The van der Waals surface area contributed by atoms with Gasteiger partial charge in [-0.2, -0.15) is 0 Å². The molecule has 118 valence electrons. The van der Waals surface area contributed by atoms with Gasteiger partial charge in [0.05, 0.1) is 0 Å². The molecule has 1 aromatic carbocycles. The summed E-state index contributed by atoms with van der Waals surface area (Å²) < 4.78 is 0. The van der Waals surface area contributed by atoms with Crippen molar-refractivity contribution in [3.8, 4) is 0 Å². The van der Waals surface area contributed by atoms with Gasteiger partial charge in [0.25, 0.3) is 0 Å². The molecule has 2 atom stereocenters. The van der Waals surface area contributed by atoms with Crippen molar-refractivity contribution in [2.75, 3.05) is 13.1 Å². The second kappa shape index (κ2) is 7.95. The molecule has 0 aromatic heterocycles. The van der Waals surface area contributed by atoms with Crippen molar-refractivity contribution < 1.29 is 0 Å². The molecule has 0 radical (unpaired) electrons. The third-order valence-electron chi connectivity index (χ3n) is 4.73. The Hall–Kier alpha value is -0.860. The summed E-state index contributed by atoms with van der Waals surface area (Å²) in [4.78, 5) is 2.62. The predicted octanol–water partition coefficient (Wildman–Crippen LogP) is 4.24. The van der Waals surface area contributed by atoms with Crippen LogP contribution in [0, 0.1) is 5.92 Å². The summed E-state index contributed by atoms with van der Waals surface area (Å²) in [5.74, 6) is 0.622. The third-order valence-corrected chi connectivity index (χ3v) is 4.73. The molecule has 1 N–H and O–H groups in total. The highest BCUT2D eigenvalue weighted by Crippen LogP contribution is 2.24. The second-order valence-electron chi connectivity index (χ2n) is 7.06. The van der Waals surface area contributed by atoms with Gasteiger partial charge >= 0.3 is 0 Å². The number of nitrogens with one attached hydrogen (secondary N) is 1. The van der Waals surface area contributed by atoms with Crippen molar-refractivity contribution in [3.63, 3.8) is 0 Å². The molecule has 21 heavy (non-hydrogen) atoms. The molecule has 1 aliphatic heterocycles. The highest BCUT2D eigenvalue weighted by Gasteiger charge is 2.23. The van der Waals surface area contributed by atoms with Crippen LogP contribution < -0.4 is 5.32 Å². The van der Waals surface area contributed by atoms with Crippen LogP contribution in [-0.2, 0) is 0 Å². The normalized spacial score (nSPS) is 22.5. The first-order valence-corrected chi connectivity index (χ1v) is 8.63. The monoisotopic (exact) mass is 288 g/mol. The van der Waals surface area contributed by atoms with Crippen LogP contribution in [0.15, 0.2) is 30.3 Å². The fourth-order valence-electron chi connectivity index (χ4n) is 3.39. The van der Waals surface area contributed by atoms with Gasteiger partial charge in [-0.25, -0.2) is 0 Å². The minimum atomic E-state index is 0.474. The first-order chi connectivity index (χ1) is 10.1. The van der Waals surface area contributed by atoms with E-state index < -0.39 is 0 Å². The molecule has 1 aromatic rings. The van der Waals surface area contributed by atoms with Crippen LogP contribution in [0.1, 0.15) is 58.6 Å². The van der Waals surface area contributed by atoms with Crippen LogP contribution >= 0.6 is 0 Å². The van der Waals surface area contributed by atoms with E-state index in [0.717, 1.165) is 0 Å². The Morgan fingerprint density at radius 2 is 1.71 bits per heavy atom. The molecule has 0 aliphatic carbocycles. The van der Waals surface area contributed by atoms with Gasteiger partial charge in [0.2, 0.25) is 0 Å². The highest BCUT2D eigenvalue weighted by molar-refractivity contribution is 5.19. The van der Waals surface area contributed by atoms with Crippen molar-refractivity contribution in [1.29, 1.82) is 0 Å². The average Bonchev–Trinajstić information content (AvgIpc) is 2.71. The van der Waals surface area contributed by atoms with Gasteiger partial charge in [0.15, 0.2) is 0 Å². The first kappa shape index (κ1) is 16.5. The van der Waals surface area contributed by atoms with Crippen molar-refractivity contribution in [2.24, 2.45) is 5.92 Å². The van der Waals surface area contributed by atoms with Crippen molar-refractivity contribution >= 4 is 0 Å². The van der Waals surface area contributed by atoms with E-state index in [-0.39, 0.29) is 0 Å². The van der Waals surface area contributed by atoms with E-state index in [1.165, 1.54) is 37.9 Å². The van der Waals surface area contributed by atoms with Crippen LogP contribution in [0.2, 0.25) is 0 Å². The molecule has 1 aliphatic rings. The lowest BCUT2D eigenvalue weighted by Gasteiger charge is -2.29. The fourth-order valence-corrected chi connectivity index (χ4v) is 3.39. The summed E-state index contributed by atoms with van der Waals surface area (Å²) in [6.07, 6.45) is 3.89. The van der Waals surface area contributed by atoms with Gasteiger partial charge in [-0.1, -0.05) is 44.2 Å². The van der Waals surface area contributed by atoms with Crippen LogP contribution in [0.25, 0.3) is 0 Å². The Kier molecular flexibility index (Phi) is 6.25.